The minimum absolute atomic E-state index is 0.0533. The maximum atomic E-state index is 13.1. The Bertz CT molecular complexity index is 732. The molecule has 0 saturated carbocycles. The number of likely N-dealkylation sites (tertiary alicyclic amines) is 2. The highest BCUT2D eigenvalue weighted by Gasteiger charge is 2.36. The Balaban J connectivity index is 1.31. The van der Waals surface area contributed by atoms with Crippen LogP contribution in [0.4, 0.5) is 4.79 Å². The maximum Gasteiger partial charge on any atom is 0.410 e. The summed E-state index contributed by atoms with van der Waals surface area (Å²) in [6, 6.07) is 0.151. The minimum Gasteiger partial charge on any atom is -0.445 e. The number of rotatable bonds is 3. The molecule has 0 radical (unpaired) electrons. The molecular formula is C21H27N3O4. The van der Waals surface area contributed by atoms with Gasteiger partial charge in [0.25, 0.3) is 5.91 Å². The number of hydrogen-bond acceptors (Lipinski definition) is 5. The van der Waals surface area contributed by atoms with Crippen molar-refractivity contribution in [2.24, 2.45) is 0 Å². The maximum absolute atomic E-state index is 13.1. The summed E-state index contributed by atoms with van der Waals surface area (Å²) in [5.41, 5.74) is 4.60. The first-order chi connectivity index (χ1) is 13.7. The minimum atomic E-state index is -0.260. The second kappa shape index (κ2) is 8.65. The van der Waals surface area contributed by atoms with Gasteiger partial charge in [0.15, 0.2) is 0 Å². The van der Waals surface area contributed by atoms with Crippen molar-refractivity contribution in [3.8, 4) is 0 Å². The number of nitrogens with one attached hydrogen (secondary N) is 1. The number of fused-ring (bicyclic) bond motifs is 1. The van der Waals surface area contributed by atoms with Crippen molar-refractivity contribution in [3.05, 3.63) is 47.7 Å². The molecule has 2 amide bonds. The Hall–Kier alpha value is -2.54. The van der Waals surface area contributed by atoms with Gasteiger partial charge in [0.1, 0.15) is 12.7 Å². The average Bonchev–Trinajstić information content (AvgIpc) is 3.06. The van der Waals surface area contributed by atoms with Gasteiger partial charge in [-0.15, -0.1) is 0 Å². The molecule has 1 unspecified atom stereocenters. The normalized spacial score (nSPS) is 25.4. The zero-order valence-electron chi connectivity index (χ0n) is 16.0. The third-order valence-corrected chi connectivity index (χ3v) is 5.76. The molecule has 0 aromatic rings. The summed E-state index contributed by atoms with van der Waals surface area (Å²) >= 11 is 0. The molecule has 1 atom stereocenters. The smallest absolute Gasteiger partial charge is 0.410 e. The van der Waals surface area contributed by atoms with Crippen molar-refractivity contribution in [2.45, 2.75) is 44.2 Å². The number of carbonyl (C=O) groups is 2. The highest BCUT2D eigenvalue weighted by atomic mass is 16.7. The van der Waals surface area contributed by atoms with Gasteiger partial charge in [-0.05, 0) is 49.8 Å². The van der Waals surface area contributed by atoms with Gasteiger partial charge in [0, 0.05) is 37.4 Å². The summed E-state index contributed by atoms with van der Waals surface area (Å²) < 4.78 is 5.43. The SMILES string of the molecule is O=C(OCC1=CC=CC1)N1CCC(N2CCCC3ONC=CC=C3C2=O)CC1. The molecule has 2 fully saturated rings. The Morgan fingerprint density at radius 2 is 2.04 bits per heavy atom. The highest BCUT2D eigenvalue weighted by Crippen LogP contribution is 2.27. The lowest BCUT2D eigenvalue weighted by molar-refractivity contribution is -0.131. The lowest BCUT2D eigenvalue weighted by Gasteiger charge is -2.38. The fourth-order valence-electron chi connectivity index (χ4n) is 4.17. The summed E-state index contributed by atoms with van der Waals surface area (Å²) in [6.45, 7) is 2.32. The Labute approximate surface area is 165 Å². The standard InChI is InChI=1S/C21H27N3O4/c25-20-18-7-3-11-22-28-19(18)8-4-12-24(20)17-9-13-23(14-10-17)21(26)27-15-16-5-1-2-6-16/h1-3,5,7,11,17,19,22H,4,6,8-10,12-15H2. The van der Waals surface area contributed by atoms with Crippen LogP contribution in [0.5, 0.6) is 0 Å². The molecule has 0 bridgehead atoms. The van der Waals surface area contributed by atoms with E-state index in [2.05, 4.69) is 11.6 Å². The number of piperidine rings is 1. The number of carbonyl (C=O) groups excluding carboxylic acids is 2. The van der Waals surface area contributed by atoms with E-state index in [1.165, 1.54) is 0 Å². The van der Waals surface area contributed by atoms with Gasteiger partial charge < -0.3 is 14.5 Å². The molecular weight excluding hydrogens is 358 g/mol. The van der Waals surface area contributed by atoms with Crippen LogP contribution in [-0.2, 0) is 14.4 Å². The summed E-state index contributed by atoms with van der Waals surface area (Å²) in [7, 11) is 0. The molecule has 4 rings (SSSR count). The van der Waals surface area contributed by atoms with Crippen LogP contribution in [0.25, 0.3) is 0 Å². The zero-order valence-corrected chi connectivity index (χ0v) is 16.0. The molecule has 3 aliphatic heterocycles. The van der Waals surface area contributed by atoms with Crippen LogP contribution in [0.3, 0.4) is 0 Å². The second-order valence-electron chi connectivity index (χ2n) is 7.58. The van der Waals surface area contributed by atoms with E-state index in [9.17, 15) is 9.59 Å². The summed E-state index contributed by atoms with van der Waals surface area (Å²) in [5, 5.41) is 0. The number of ether oxygens (including phenoxy) is 1. The van der Waals surface area contributed by atoms with E-state index in [1.807, 2.05) is 29.2 Å². The Kier molecular flexibility index (Phi) is 5.81. The second-order valence-corrected chi connectivity index (χ2v) is 7.58. The quantitative estimate of drug-likeness (QED) is 0.808. The van der Waals surface area contributed by atoms with E-state index >= 15 is 0 Å². The van der Waals surface area contributed by atoms with Crippen molar-refractivity contribution < 1.29 is 19.2 Å². The monoisotopic (exact) mass is 385 g/mol. The van der Waals surface area contributed by atoms with Crippen LogP contribution in [0.2, 0.25) is 0 Å². The topological polar surface area (TPSA) is 71.1 Å². The van der Waals surface area contributed by atoms with E-state index in [1.54, 1.807) is 11.1 Å². The first-order valence-corrected chi connectivity index (χ1v) is 10.1. The molecule has 28 heavy (non-hydrogen) atoms. The lowest BCUT2D eigenvalue weighted by Crippen LogP contribution is -2.49. The molecule has 7 heteroatoms. The zero-order chi connectivity index (χ0) is 19.3. The first kappa shape index (κ1) is 18.8. The third kappa shape index (κ3) is 4.14. The van der Waals surface area contributed by atoms with Crippen LogP contribution in [0, 0.1) is 0 Å². The molecule has 0 aromatic heterocycles. The van der Waals surface area contributed by atoms with E-state index < -0.39 is 0 Å². The molecule has 4 aliphatic rings. The molecule has 3 heterocycles. The van der Waals surface area contributed by atoms with Crippen LogP contribution in [-0.4, -0.2) is 60.2 Å². The predicted molar refractivity (Wildman–Crippen MR) is 104 cm³/mol. The molecule has 1 N–H and O–H groups in total. The Morgan fingerprint density at radius 1 is 1.18 bits per heavy atom. The summed E-state index contributed by atoms with van der Waals surface area (Å²) in [5.74, 6) is 0.0533. The molecule has 150 valence electrons. The van der Waals surface area contributed by atoms with E-state index in [0.717, 1.165) is 44.2 Å². The van der Waals surface area contributed by atoms with Gasteiger partial charge in [-0.25, -0.2) is 4.79 Å². The van der Waals surface area contributed by atoms with Gasteiger partial charge in [-0.1, -0.05) is 18.2 Å². The summed E-state index contributed by atoms with van der Waals surface area (Å²) in [6.07, 6.45) is 15.1. The van der Waals surface area contributed by atoms with E-state index in [-0.39, 0.29) is 24.1 Å². The van der Waals surface area contributed by atoms with Crippen molar-refractivity contribution in [1.82, 2.24) is 15.3 Å². The number of hydroxylamine groups is 1. The van der Waals surface area contributed by atoms with Crippen LogP contribution in [0.1, 0.15) is 32.1 Å². The number of nitrogens with zero attached hydrogens (tertiary/aromatic N) is 2. The molecule has 0 spiro atoms. The van der Waals surface area contributed by atoms with Crippen molar-refractivity contribution in [2.75, 3.05) is 26.2 Å². The molecule has 7 nitrogen and oxygen atoms in total. The molecule has 1 aliphatic carbocycles. The molecule has 0 aromatic carbocycles. The fourth-order valence-corrected chi connectivity index (χ4v) is 4.17. The van der Waals surface area contributed by atoms with Gasteiger partial charge in [-0.2, -0.15) is 0 Å². The van der Waals surface area contributed by atoms with Crippen LogP contribution < -0.4 is 5.48 Å². The van der Waals surface area contributed by atoms with Gasteiger partial charge >= 0.3 is 6.09 Å². The van der Waals surface area contributed by atoms with Crippen molar-refractivity contribution in [1.29, 1.82) is 0 Å². The van der Waals surface area contributed by atoms with E-state index in [0.29, 0.717) is 25.3 Å². The highest BCUT2D eigenvalue weighted by molar-refractivity contribution is 5.95. The first-order valence-electron chi connectivity index (χ1n) is 10.1. The predicted octanol–water partition coefficient (Wildman–Crippen LogP) is 2.44. The van der Waals surface area contributed by atoms with Crippen molar-refractivity contribution >= 4 is 12.0 Å². The molecule has 2 saturated heterocycles. The van der Waals surface area contributed by atoms with Crippen molar-refractivity contribution in [3.63, 3.8) is 0 Å². The number of amides is 2. The lowest BCUT2D eigenvalue weighted by atomic mass is 10.0. The largest absolute Gasteiger partial charge is 0.445 e. The average molecular weight is 385 g/mol. The fraction of sp³-hybridized carbons (Fsp3) is 0.524. The number of hydrogen-bond donors (Lipinski definition) is 1. The summed E-state index contributed by atoms with van der Waals surface area (Å²) in [4.78, 5) is 34.7. The van der Waals surface area contributed by atoms with Crippen LogP contribution in [0.15, 0.2) is 47.7 Å². The number of allylic oxidation sites excluding steroid dienone is 5. The third-order valence-electron chi connectivity index (χ3n) is 5.76. The van der Waals surface area contributed by atoms with Gasteiger partial charge in [0.2, 0.25) is 0 Å². The van der Waals surface area contributed by atoms with Crippen LogP contribution >= 0.6 is 0 Å². The Morgan fingerprint density at radius 3 is 2.82 bits per heavy atom. The van der Waals surface area contributed by atoms with Gasteiger partial charge in [-0.3, -0.25) is 15.1 Å². The van der Waals surface area contributed by atoms with E-state index in [4.69, 9.17) is 9.57 Å². The van der Waals surface area contributed by atoms with Gasteiger partial charge in [0.05, 0.1) is 0 Å².